The van der Waals surface area contributed by atoms with Crippen molar-refractivity contribution in [1.82, 2.24) is 4.90 Å². The van der Waals surface area contributed by atoms with E-state index in [9.17, 15) is 23.1 Å². The van der Waals surface area contributed by atoms with Gasteiger partial charge in [0.05, 0.1) is 13.0 Å². The number of nitrogens with zero attached hydrogens (tertiary/aromatic N) is 1. The molecular formula is C13H13ClF3NO2. The zero-order chi connectivity index (χ0) is 15.0. The molecule has 1 fully saturated rings. The van der Waals surface area contributed by atoms with Crippen LogP contribution in [-0.4, -0.2) is 40.8 Å². The summed E-state index contributed by atoms with van der Waals surface area (Å²) in [5.74, 6) is -0.438. The molecule has 0 aliphatic carbocycles. The van der Waals surface area contributed by atoms with Crippen LogP contribution in [0, 0.1) is 0 Å². The smallest absolute Gasteiger partial charge is 0.379 e. The summed E-state index contributed by atoms with van der Waals surface area (Å²) >= 11 is 5.71. The van der Waals surface area contributed by atoms with Gasteiger partial charge >= 0.3 is 6.18 Å². The highest BCUT2D eigenvalue weighted by Gasteiger charge is 2.57. The highest BCUT2D eigenvalue weighted by Crippen LogP contribution is 2.37. The molecule has 1 heterocycles. The third kappa shape index (κ3) is 3.07. The summed E-state index contributed by atoms with van der Waals surface area (Å²) < 4.78 is 38.0. The van der Waals surface area contributed by atoms with E-state index in [1.54, 1.807) is 24.3 Å². The minimum absolute atomic E-state index is 0.00882. The third-order valence-corrected chi connectivity index (χ3v) is 3.65. The first-order chi connectivity index (χ1) is 9.21. The van der Waals surface area contributed by atoms with Crippen LogP contribution in [-0.2, 0) is 11.2 Å². The summed E-state index contributed by atoms with van der Waals surface area (Å²) in [4.78, 5) is 13.0. The molecule has 0 unspecified atom stereocenters. The van der Waals surface area contributed by atoms with E-state index in [4.69, 9.17) is 11.6 Å². The van der Waals surface area contributed by atoms with E-state index < -0.39 is 30.7 Å². The fourth-order valence-corrected chi connectivity index (χ4v) is 2.25. The van der Waals surface area contributed by atoms with Gasteiger partial charge in [0, 0.05) is 18.0 Å². The van der Waals surface area contributed by atoms with Crippen molar-refractivity contribution < 1.29 is 23.1 Å². The summed E-state index contributed by atoms with van der Waals surface area (Å²) in [7, 11) is 0. The number of hydrogen-bond donors (Lipinski definition) is 1. The first kappa shape index (κ1) is 15.1. The van der Waals surface area contributed by atoms with Gasteiger partial charge < -0.3 is 10.0 Å². The van der Waals surface area contributed by atoms with Crippen molar-refractivity contribution in [2.24, 2.45) is 0 Å². The molecule has 1 saturated heterocycles. The van der Waals surface area contributed by atoms with Gasteiger partial charge in [-0.25, -0.2) is 0 Å². The zero-order valence-electron chi connectivity index (χ0n) is 10.5. The molecule has 1 aliphatic rings. The second kappa shape index (κ2) is 5.26. The number of carbonyl (C=O) groups is 1. The number of β-amino-alcohol motifs (C(OH)–C–C–N with tert-alkyl or cyclic N) is 1. The quantitative estimate of drug-likeness (QED) is 0.911. The first-order valence-corrected chi connectivity index (χ1v) is 6.40. The van der Waals surface area contributed by atoms with Crippen molar-refractivity contribution >= 4 is 17.5 Å². The van der Waals surface area contributed by atoms with E-state index in [-0.39, 0.29) is 13.0 Å². The van der Waals surface area contributed by atoms with E-state index in [1.807, 2.05) is 0 Å². The molecule has 1 aromatic rings. The van der Waals surface area contributed by atoms with Gasteiger partial charge in [-0.15, -0.1) is 0 Å². The van der Waals surface area contributed by atoms with Gasteiger partial charge in [-0.1, -0.05) is 23.7 Å². The molecule has 7 heteroatoms. The van der Waals surface area contributed by atoms with Crippen LogP contribution < -0.4 is 0 Å². The Hall–Kier alpha value is -1.27. The van der Waals surface area contributed by atoms with Gasteiger partial charge in [-0.2, -0.15) is 13.2 Å². The molecule has 0 radical (unpaired) electrons. The van der Waals surface area contributed by atoms with E-state index >= 15 is 0 Å². The van der Waals surface area contributed by atoms with Crippen LogP contribution in [0.1, 0.15) is 12.0 Å². The topological polar surface area (TPSA) is 40.5 Å². The number of hydrogen-bond acceptors (Lipinski definition) is 2. The average Bonchev–Trinajstić information content (AvgIpc) is 2.76. The molecule has 2 rings (SSSR count). The fourth-order valence-electron chi connectivity index (χ4n) is 2.13. The van der Waals surface area contributed by atoms with Crippen LogP contribution in [0.5, 0.6) is 0 Å². The lowest BCUT2D eigenvalue weighted by molar-refractivity contribution is -0.253. The number of aliphatic hydroxyl groups is 1. The lowest BCUT2D eigenvalue weighted by Crippen LogP contribution is -2.48. The average molecular weight is 308 g/mol. The molecule has 0 aromatic heterocycles. The fraction of sp³-hybridized carbons (Fsp3) is 0.462. The standard InChI is InChI=1S/C13H13ClF3NO2/c14-10-3-1-9(2-4-10)7-11(19)18-6-5-12(20,8-18)13(15,16)17/h1-4,20H,5-8H2/t12-/m1/s1. The lowest BCUT2D eigenvalue weighted by atomic mass is 10.0. The van der Waals surface area contributed by atoms with E-state index in [1.165, 1.54) is 0 Å². The van der Waals surface area contributed by atoms with Crippen LogP contribution in [0.25, 0.3) is 0 Å². The van der Waals surface area contributed by atoms with Crippen LogP contribution in [0.3, 0.4) is 0 Å². The van der Waals surface area contributed by atoms with E-state index in [2.05, 4.69) is 0 Å². The van der Waals surface area contributed by atoms with Crippen molar-refractivity contribution in [1.29, 1.82) is 0 Å². The second-order valence-electron chi connectivity index (χ2n) is 4.90. The van der Waals surface area contributed by atoms with Gasteiger partial charge in [0.1, 0.15) is 0 Å². The Kier molecular flexibility index (Phi) is 3.97. The molecular weight excluding hydrogens is 295 g/mol. The lowest BCUT2D eigenvalue weighted by Gasteiger charge is -2.25. The third-order valence-electron chi connectivity index (χ3n) is 3.40. The maximum absolute atomic E-state index is 12.7. The van der Waals surface area contributed by atoms with Gasteiger partial charge in [0.2, 0.25) is 5.91 Å². The number of carbonyl (C=O) groups excluding carboxylic acids is 1. The highest BCUT2D eigenvalue weighted by molar-refractivity contribution is 6.30. The number of likely N-dealkylation sites (tertiary alicyclic amines) is 1. The number of halogens is 4. The maximum atomic E-state index is 12.7. The molecule has 1 aromatic carbocycles. The van der Waals surface area contributed by atoms with E-state index in [0.717, 1.165) is 4.90 Å². The molecule has 20 heavy (non-hydrogen) atoms. The Bertz CT molecular complexity index is 503. The summed E-state index contributed by atoms with van der Waals surface area (Å²) in [6.07, 6.45) is -5.21. The number of rotatable bonds is 2. The zero-order valence-corrected chi connectivity index (χ0v) is 11.2. The molecule has 1 amide bonds. The number of benzene rings is 1. The Morgan fingerprint density at radius 2 is 1.95 bits per heavy atom. The molecule has 1 N–H and O–H groups in total. The molecule has 1 aliphatic heterocycles. The monoisotopic (exact) mass is 307 g/mol. The molecule has 110 valence electrons. The largest absolute Gasteiger partial charge is 0.419 e. The van der Waals surface area contributed by atoms with Gasteiger partial charge in [-0.05, 0) is 17.7 Å². The molecule has 0 spiro atoms. The maximum Gasteiger partial charge on any atom is 0.419 e. The number of alkyl halides is 3. The summed E-state index contributed by atoms with van der Waals surface area (Å²) in [5, 5.41) is 10.0. The van der Waals surface area contributed by atoms with Crippen molar-refractivity contribution in [3.63, 3.8) is 0 Å². The number of amides is 1. The van der Waals surface area contributed by atoms with Gasteiger partial charge in [-0.3, -0.25) is 4.79 Å². The minimum atomic E-state index is -4.72. The van der Waals surface area contributed by atoms with E-state index in [0.29, 0.717) is 10.6 Å². The Labute approximate surface area is 118 Å². The van der Waals surface area contributed by atoms with Crippen LogP contribution >= 0.6 is 11.6 Å². The van der Waals surface area contributed by atoms with Crippen LogP contribution in [0.15, 0.2) is 24.3 Å². The Balaban J connectivity index is 2.00. The van der Waals surface area contributed by atoms with Crippen molar-refractivity contribution in [2.75, 3.05) is 13.1 Å². The van der Waals surface area contributed by atoms with Crippen molar-refractivity contribution in [2.45, 2.75) is 24.6 Å². The molecule has 1 atom stereocenters. The Morgan fingerprint density at radius 1 is 1.35 bits per heavy atom. The predicted octanol–water partition coefficient (Wildman–Crippen LogP) is 2.41. The van der Waals surface area contributed by atoms with Crippen molar-refractivity contribution in [3.05, 3.63) is 34.9 Å². The van der Waals surface area contributed by atoms with Gasteiger partial charge in [0.25, 0.3) is 0 Å². The first-order valence-electron chi connectivity index (χ1n) is 6.03. The van der Waals surface area contributed by atoms with Crippen LogP contribution in [0.4, 0.5) is 13.2 Å². The predicted molar refractivity (Wildman–Crippen MR) is 67.4 cm³/mol. The summed E-state index contributed by atoms with van der Waals surface area (Å²) in [6, 6.07) is 6.51. The molecule has 0 bridgehead atoms. The molecule has 0 saturated carbocycles. The summed E-state index contributed by atoms with van der Waals surface area (Å²) in [6.45, 7) is -0.800. The second-order valence-corrected chi connectivity index (χ2v) is 5.33. The van der Waals surface area contributed by atoms with Gasteiger partial charge in [0.15, 0.2) is 5.60 Å². The van der Waals surface area contributed by atoms with Crippen molar-refractivity contribution in [3.8, 4) is 0 Å². The SMILES string of the molecule is O=C(Cc1ccc(Cl)cc1)N1CC[C@](O)(C(F)(F)F)C1. The molecule has 3 nitrogen and oxygen atoms in total. The minimum Gasteiger partial charge on any atom is -0.379 e. The Morgan fingerprint density at radius 3 is 2.45 bits per heavy atom. The summed E-state index contributed by atoms with van der Waals surface area (Å²) in [5.41, 5.74) is -2.12. The normalized spacial score (nSPS) is 23.1. The van der Waals surface area contributed by atoms with Crippen LogP contribution in [0.2, 0.25) is 5.02 Å². The highest BCUT2D eigenvalue weighted by atomic mass is 35.5.